The van der Waals surface area contributed by atoms with E-state index in [1.54, 1.807) is 6.20 Å². The maximum atomic E-state index is 4.18. The van der Waals surface area contributed by atoms with E-state index in [4.69, 9.17) is 0 Å². The largest absolute Gasteiger partial charge is 0.338 e. The Kier molecular flexibility index (Phi) is 1.90. The third-order valence-electron chi connectivity index (χ3n) is 1.62. The van der Waals surface area contributed by atoms with E-state index in [0.29, 0.717) is 5.92 Å². The Morgan fingerprint density at radius 3 is 2.90 bits per heavy atom. The second-order valence-electron chi connectivity index (χ2n) is 2.42. The van der Waals surface area contributed by atoms with Crippen molar-refractivity contribution in [3.8, 4) is 0 Å². The maximum absolute atomic E-state index is 4.18. The highest BCUT2D eigenvalue weighted by atomic mass is 15.0. The zero-order valence-electron chi connectivity index (χ0n) is 6.41. The summed E-state index contributed by atoms with van der Waals surface area (Å²) in [5, 5.41) is 0. The van der Waals surface area contributed by atoms with Gasteiger partial charge in [0.05, 0.1) is 0 Å². The highest BCUT2D eigenvalue weighted by Crippen LogP contribution is 2.11. The van der Waals surface area contributed by atoms with Gasteiger partial charge in [0.1, 0.15) is 5.82 Å². The van der Waals surface area contributed by atoms with Crippen LogP contribution < -0.4 is 0 Å². The molecular formula is C8H12N2. The highest BCUT2D eigenvalue weighted by molar-refractivity contribution is 5.04. The fourth-order valence-electron chi connectivity index (χ4n) is 0.921. The van der Waals surface area contributed by atoms with Gasteiger partial charge < -0.3 is 4.57 Å². The SMILES string of the molecule is C=CC(C)c1nccn1C. The molecule has 0 saturated heterocycles. The first kappa shape index (κ1) is 7.06. The van der Waals surface area contributed by atoms with Gasteiger partial charge in [-0.15, -0.1) is 6.58 Å². The van der Waals surface area contributed by atoms with Crippen molar-refractivity contribution >= 4 is 0 Å². The molecule has 0 aliphatic heterocycles. The smallest absolute Gasteiger partial charge is 0.115 e. The van der Waals surface area contributed by atoms with Crippen LogP contribution in [0.3, 0.4) is 0 Å². The number of imidazole rings is 1. The number of aromatic nitrogens is 2. The summed E-state index contributed by atoms with van der Waals surface area (Å²) in [5.41, 5.74) is 0. The Bertz CT molecular complexity index is 225. The molecule has 0 saturated carbocycles. The van der Waals surface area contributed by atoms with Crippen LogP contribution >= 0.6 is 0 Å². The number of aryl methyl sites for hydroxylation is 1. The minimum absolute atomic E-state index is 0.347. The van der Waals surface area contributed by atoms with Crippen molar-refractivity contribution in [1.82, 2.24) is 9.55 Å². The molecule has 0 bridgehead atoms. The van der Waals surface area contributed by atoms with E-state index in [-0.39, 0.29) is 0 Å². The molecule has 0 aromatic carbocycles. The molecular weight excluding hydrogens is 124 g/mol. The molecule has 0 aliphatic rings. The second kappa shape index (κ2) is 2.69. The van der Waals surface area contributed by atoms with Gasteiger partial charge >= 0.3 is 0 Å². The third-order valence-corrected chi connectivity index (χ3v) is 1.62. The van der Waals surface area contributed by atoms with Gasteiger partial charge in [0.15, 0.2) is 0 Å². The summed E-state index contributed by atoms with van der Waals surface area (Å²) in [6, 6.07) is 0. The summed E-state index contributed by atoms with van der Waals surface area (Å²) in [7, 11) is 1.99. The van der Waals surface area contributed by atoms with E-state index in [1.807, 2.05) is 23.9 Å². The van der Waals surface area contributed by atoms with Crippen molar-refractivity contribution < 1.29 is 0 Å². The van der Waals surface area contributed by atoms with Gasteiger partial charge in [0, 0.05) is 25.4 Å². The van der Waals surface area contributed by atoms with E-state index in [1.165, 1.54) is 0 Å². The molecule has 0 aliphatic carbocycles. The van der Waals surface area contributed by atoms with E-state index in [0.717, 1.165) is 5.82 Å². The van der Waals surface area contributed by atoms with Gasteiger partial charge in [-0.25, -0.2) is 4.98 Å². The zero-order chi connectivity index (χ0) is 7.56. The number of hydrogen-bond donors (Lipinski definition) is 0. The topological polar surface area (TPSA) is 17.8 Å². The lowest BCUT2D eigenvalue weighted by molar-refractivity contribution is 0.756. The van der Waals surface area contributed by atoms with Crippen LogP contribution in [0.2, 0.25) is 0 Å². The fourth-order valence-corrected chi connectivity index (χ4v) is 0.921. The zero-order valence-corrected chi connectivity index (χ0v) is 6.41. The molecule has 0 radical (unpaired) electrons. The molecule has 0 fully saturated rings. The van der Waals surface area contributed by atoms with Gasteiger partial charge in [-0.3, -0.25) is 0 Å². The molecule has 1 heterocycles. The average Bonchev–Trinajstić information content (AvgIpc) is 2.34. The molecule has 1 rings (SSSR count). The van der Waals surface area contributed by atoms with Gasteiger partial charge in [-0.05, 0) is 0 Å². The van der Waals surface area contributed by atoms with Gasteiger partial charge in [0.2, 0.25) is 0 Å². The normalized spacial score (nSPS) is 13.0. The van der Waals surface area contributed by atoms with Crippen LogP contribution in [0, 0.1) is 0 Å². The molecule has 1 aromatic rings. The summed E-state index contributed by atoms with van der Waals surface area (Å²) in [6.07, 6.45) is 5.63. The number of hydrogen-bond acceptors (Lipinski definition) is 1. The van der Waals surface area contributed by atoms with Crippen LogP contribution in [-0.2, 0) is 7.05 Å². The molecule has 10 heavy (non-hydrogen) atoms. The van der Waals surface area contributed by atoms with Crippen LogP contribution in [-0.4, -0.2) is 9.55 Å². The Morgan fingerprint density at radius 1 is 1.80 bits per heavy atom. The Labute approximate surface area is 61.2 Å². The van der Waals surface area contributed by atoms with Crippen molar-refractivity contribution in [2.24, 2.45) is 7.05 Å². The highest BCUT2D eigenvalue weighted by Gasteiger charge is 2.03. The van der Waals surface area contributed by atoms with Crippen molar-refractivity contribution in [2.75, 3.05) is 0 Å². The number of allylic oxidation sites excluding steroid dienone is 1. The summed E-state index contributed by atoms with van der Waals surface area (Å²) in [5.74, 6) is 1.41. The summed E-state index contributed by atoms with van der Waals surface area (Å²) >= 11 is 0. The van der Waals surface area contributed by atoms with Crippen LogP contribution in [0.1, 0.15) is 18.7 Å². The van der Waals surface area contributed by atoms with Crippen molar-refractivity contribution in [3.05, 3.63) is 30.9 Å². The molecule has 54 valence electrons. The third kappa shape index (κ3) is 1.10. The fraction of sp³-hybridized carbons (Fsp3) is 0.375. The van der Waals surface area contributed by atoms with Crippen LogP contribution in [0.25, 0.3) is 0 Å². The molecule has 1 aromatic heterocycles. The average molecular weight is 136 g/mol. The lowest BCUT2D eigenvalue weighted by Gasteiger charge is -2.04. The lowest BCUT2D eigenvalue weighted by atomic mass is 10.2. The minimum atomic E-state index is 0.347. The first-order chi connectivity index (χ1) is 4.75. The lowest BCUT2D eigenvalue weighted by Crippen LogP contribution is -1.99. The van der Waals surface area contributed by atoms with Crippen LogP contribution in [0.4, 0.5) is 0 Å². The molecule has 1 atom stereocenters. The Morgan fingerprint density at radius 2 is 2.50 bits per heavy atom. The van der Waals surface area contributed by atoms with Gasteiger partial charge in [-0.2, -0.15) is 0 Å². The summed E-state index contributed by atoms with van der Waals surface area (Å²) in [6.45, 7) is 5.78. The predicted molar refractivity (Wildman–Crippen MR) is 41.8 cm³/mol. The number of rotatable bonds is 2. The van der Waals surface area contributed by atoms with Crippen molar-refractivity contribution in [1.29, 1.82) is 0 Å². The Hall–Kier alpha value is -1.05. The molecule has 0 amide bonds. The molecule has 2 nitrogen and oxygen atoms in total. The van der Waals surface area contributed by atoms with Gasteiger partial charge in [0.25, 0.3) is 0 Å². The van der Waals surface area contributed by atoms with Crippen molar-refractivity contribution in [2.45, 2.75) is 12.8 Å². The van der Waals surface area contributed by atoms with E-state index in [2.05, 4.69) is 18.5 Å². The standard InChI is InChI=1S/C8H12N2/c1-4-7(2)8-9-5-6-10(8)3/h4-7H,1H2,2-3H3. The van der Waals surface area contributed by atoms with E-state index >= 15 is 0 Å². The first-order valence-electron chi connectivity index (χ1n) is 3.35. The molecule has 0 N–H and O–H groups in total. The summed E-state index contributed by atoms with van der Waals surface area (Å²) in [4.78, 5) is 4.18. The monoisotopic (exact) mass is 136 g/mol. The molecule has 0 spiro atoms. The van der Waals surface area contributed by atoms with E-state index in [9.17, 15) is 0 Å². The van der Waals surface area contributed by atoms with Crippen LogP contribution in [0.15, 0.2) is 25.0 Å². The minimum Gasteiger partial charge on any atom is -0.338 e. The van der Waals surface area contributed by atoms with E-state index < -0.39 is 0 Å². The predicted octanol–water partition coefficient (Wildman–Crippen LogP) is 1.71. The van der Waals surface area contributed by atoms with Crippen LogP contribution in [0.5, 0.6) is 0 Å². The second-order valence-corrected chi connectivity index (χ2v) is 2.42. The molecule has 2 heteroatoms. The quantitative estimate of drug-likeness (QED) is 0.566. The van der Waals surface area contributed by atoms with Crippen molar-refractivity contribution in [3.63, 3.8) is 0 Å². The first-order valence-corrected chi connectivity index (χ1v) is 3.35. The summed E-state index contributed by atoms with van der Waals surface area (Å²) < 4.78 is 2.01. The maximum Gasteiger partial charge on any atom is 0.115 e. The van der Waals surface area contributed by atoms with Gasteiger partial charge in [-0.1, -0.05) is 13.0 Å². The Balaban J connectivity index is 2.92. The number of nitrogens with zero attached hydrogens (tertiary/aromatic N) is 2. The molecule has 1 unspecified atom stereocenters.